The molecule has 16 heavy (non-hydrogen) atoms. The van der Waals surface area contributed by atoms with Gasteiger partial charge < -0.3 is 10.5 Å². The molecule has 84 valence electrons. The molecule has 1 aromatic carbocycles. The van der Waals surface area contributed by atoms with E-state index in [-0.39, 0.29) is 18.9 Å². The number of esters is 1. The molecule has 1 rings (SSSR count). The second-order valence-electron chi connectivity index (χ2n) is 3.22. The van der Waals surface area contributed by atoms with Crippen molar-refractivity contribution in [3.8, 4) is 6.07 Å². The average molecular weight is 236 g/mol. The number of nitrogens with zero attached hydrogens (tertiary/aromatic N) is 1. The Bertz CT molecular complexity index is 452. The molecule has 0 bridgehead atoms. The maximum Gasteiger partial charge on any atom is 0.309 e. The molecule has 1 aromatic rings. The van der Waals surface area contributed by atoms with Gasteiger partial charge in [0.15, 0.2) is 0 Å². The van der Waals surface area contributed by atoms with Gasteiger partial charge in [-0.05, 0) is 17.2 Å². The quantitative estimate of drug-likeness (QED) is 0.607. The second kappa shape index (κ2) is 5.54. The van der Waals surface area contributed by atoms with Crippen LogP contribution in [0.2, 0.25) is 0 Å². The lowest BCUT2D eigenvalue weighted by Gasteiger charge is -2.07. The summed E-state index contributed by atoms with van der Waals surface area (Å²) in [4.78, 5) is 11.6. The highest BCUT2D eigenvalue weighted by Crippen LogP contribution is 2.20. The van der Waals surface area contributed by atoms with Crippen molar-refractivity contribution in [2.75, 3.05) is 7.11 Å². The van der Waals surface area contributed by atoms with Gasteiger partial charge in [-0.1, -0.05) is 6.07 Å². The van der Waals surface area contributed by atoms with Crippen LogP contribution < -0.4 is 5.73 Å². The van der Waals surface area contributed by atoms with Crippen LogP contribution in [0, 0.1) is 11.3 Å². The van der Waals surface area contributed by atoms with Crippen LogP contribution in [0.3, 0.4) is 0 Å². The highest BCUT2D eigenvalue weighted by atomic mass is 32.1. The summed E-state index contributed by atoms with van der Waals surface area (Å²) in [5.41, 5.74) is 7.42. The highest BCUT2D eigenvalue weighted by Gasteiger charge is 2.10. The van der Waals surface area contributed by atoms with Crippen molar-refractivity contribution in [3.63, 3.8) is 0 Å². The van der Waals surface area contributed by atoms with E-state index in [0.29, 0.717) is 16.0 Å². The van der Waals surface area contributed by atoms with E-state index in [4.69, 9.17) is 11.0 Å². The first kappa shape index (κ1) is 12.6. The van der Waals surface area contributed by atoms with Gasteiger partial charge in [0.1, 0.15) is 6.07 Å². The minimum absolute atomic E-state index is 0.156. The SMILES string of the molecule is COC(=O)Cc1cc(S)c(C#N)c(CN)c1. The van der Waals surface area contributed by atoms with Crippen LogP contribution in [-0.2, 0) is 22.5 Å². The zero-order valence-electron chi connectivity index (χ0n) is 8.86. The molecule has 0 spiro atoms. The molecule has 0 atom stereocenters. The van der Waals surface area contributed by atoms with Gasteiger partial charge in [0.2, 0.25) is 0 Å². The van der Waals surface area contributed by atoms with Gasteiger partial charge in [-0.3, -0.25) is 4.79 Å². The first-order chi connectivity index (χ1) is 7.62. The number of nitriles is 1. The summed E-state index contributed by atoms with van der Waals surface area (Å²) in [5.74, 6) is -0.333. The van der Waals surface area contributed by atoms with Crippen molar-refractivity contribution in [1.29, 1.82) is 5.26 Å². The third-order valence-electron chi connectivity index (χ3n) is 2.17. The van der Waals surface area contributed by atoms with E-state index in [1.165, 1.54) is 7.11 Å². The summed E-state index contributed by atoms with van der Waals surface area (Å²) < 4.78 is 4.56. The molecular formula is C11H12N2O2S. The summed E-state index contributed by atoms with van der Waals surface area (Å²) in [7, 11) is 1.33. The lowest BCUT2D eigenvalue weighted by molar-refractivity contribution is -0.139. The molecule has 0 heterocycles. The predicted molar refractivity (Wildman–Crippen MR) is 62.0 cm³/mol. The van der Waals surface area contributed by atoms with Crippen molar-refractivity contribution in [2.24, 2.45) is 5.73 Å². The Morgan fingerprint density at radius 3 is 2.81 bits per heavy atom. The maximum absolute atomic E-state index is 11.1. The van der Waals surface area contributed by atoms with Crippen molar-refractivity contribution in [1.82, 2.24) is 0 Å². The second-order valence-corrected chi connectivity index (χ2v) is 3.70. The third-order valence-corrected chi connectivity index (χ3v) is 2.52. The zero-order valence-corrected chi connectivity index (χ0v) is 9.75. The van der Waals surface area contributed by atoms with Crippen LogP contribution in [0.25, 0.3) is 0 Å². The molecule has 0 saturated heterocycles. The number of ether oxygens (including phenoxy) is 1. The zero-order chi connectivity index (χ0) is 12.1. The number of benzene rings is 1. The number of carbonyl (C=O) groups is 1. The van der Waals surface area contributed by atoms with Gasteiger partial charge in [0.25, 0.3) is 0 Å². The van der Waals surface area contributed by atoms with Gasteiger partial charge in [0, 0.05) is 11.4 Å². The lowest BCUT2D eigenvalue weighted by atomic mass is 10.0. The van der Waals surface area contributed by atoms with Crippen LogP contribution in [0.15, 0.2) is 17.0 Å². The van der Waals surface area contributed by atoms with Crippen LogP contribution >= 0.6 is 12.6 Å². The van der Waals surface area contributed by atoms with Gasteiger partial charge in [-0.25, -0.2) is 0 Å². The number of nitrogens with two attached hydrogens (primary N) is 1. The standard InChI is InChI=1S/C11H12N2O2S/c1-15-11(14)4-7-2-8(5-12)9(6-13)10(16)3-7/h2-3,16H,4-5,12H2,1H3. The van der Waals surface area contributed by atoms with Crippen molar-refractivity contribution in [2.45, 2.75) is 17.9 Å². The molecule has 0 aliphatic carbocycles. The van der Waals surface area contributed by atoms with E-state index in [1.807, 2.05) is 6.07 Å². The molecule has 0 aliphatic heterocycles. The van der Waals surface area contributed by atoms with Crippen LogP contribution in [-0.4, -0.2) is 13.1 Å². The molecule has 0 saturated carbocycles. The maximum atomic E-state index is 11.1. The molecule has 0 aromatic heterocycles. The Balaban J connectivity index is 3.11. The molecule has 0 aliphatic rings. The molecule has 0 radical (unpaired) electrons. The van der Waals surface area contributed by atoms with Crippen LogP contribution in [0.5, 0.6) is 0 Å². The molecule has 0 fully saturated rings. The minimum atomic E-state index is -0.333. The number of thiol groups is 1. The number of hydrogen-bond donors (Lipinski definition) is 2. The average Bonchev–Trinajstić information content (AvgIpc) is 2.28. The summed E-state index contributed by atoms with van der Waals surface area (Å²) in [6.45, 7) is 0.242. The van der Waals surface area contributed by atoms with Gasteiger partial charge in [-0.2, -0.15) is 5.26 Å². The normalized spacial score (nSPS) is 9.62. The molecule has 2 N–H and O–H groups in total. The fraction of sp³-hybridized carbons (Fsp3) is 0.273. The van der Waals surface area contributed by atoms with Gasteiger partial charge in [0.05, 0.1) is 19.1 Å². The molecule has 4 nitrogen and oxygen atoms in total. The van der Waals surface area contributed by atoms with E-state index < -0.39 is 0 Å². The highest BCUT2D eigenvalue weighted by molar-refractivity contribution is 7.80. The fourth-order valence-corrected chi connectivity index (χ4v) is 1.74. The Hall–Kier alpha value is -1.51. The monoisotopic (exact) mass is 236 g/mol. The largest absolute Gasteiger partial charge is 0.469 e. The van der Waals surface area contributed by atoms with Crippen molar-refractivity contribution < 1.29 is 9.53 Å². The number of hydrogen-bond acceptors (Lipinski definition) is 5. The summed E-state index contributed by atoms with van der Waals surface area (Å²) >= 11 is 4.19. The van der Waals surface area contributed by atoms with Gasteiger partial charge >= 0.3 is 5.97 Å². The van der Waals surface area contributed by atoms with E-state index in [9.17, 15) is 4.79 Å². The first-order valence-corrected chi connectivity index (χ1v) is 5.08. The third kappa shape index (κ3) is 2.75. The minimum Gasteiger partial charge on any atom is -0.469 e. The van der Waals surface area contributed by atoms with Crippen LogP contribution in [0.1, 0.15) is 16.7 Å². The molecule has 0 unspecified atom stereocenters. The Labute approximate surface area is 99.4 Å². The van der Waals surface area contributed by atoms with Gasteiger partial charge in [-0.15, -0.1) is 12.6 Å². The molecule has 0 amide bonds. The molecular weight excluding hydrogens is 224 g/mol. The summed E-state index contributed by atoms with van der Waals surface area (Å²) in [6, 6.07) is 5.45. The number of rotatable bonds is 3. The van der Waals surface area contributed by atoms with E-state index in [2.05, 4.69) is 17.4 Å². The Morgan fingerprint density at radius 2 is 2.31 bits per heavy atom. The van der Waals surface area contributed by atoms with E-state index in [1.54, 1.807) is 12.1 Å². The summed E-state index contributed by atoms with van der Waals surface area (Å²) in [5, 5.41) is 8.90. The Morgan fingerprint density at radius 1 is 1.62 bits per heavy atom. The topological polar surface area (TPSA) is 76.1 Å². The van der Waals surface area contributed by atoms with E-state index in [0.717, 1.165) is 5.56 Å². The number of methoxy groups -OCH3 is 1. The number of carbonyl (C=O) groups excluding carboxylic acids is 1. The lowest BCUT2D eigenvalue weighted by Crippen LogP contribution is -2.07. The first-order valence-electron chi connectivity index (χ1n) is 4.64. The molecule has 5 heteroatoms. The van der Waals surface area contributed by atoms with Crippen molar-refractivity contribution in [3.05, 3.63) is 28.8 Å². The predicted octanol–water partition coefficient (Wildman–Crippen LogP) is 1.02. The van der Waals surface area contributed by atoms with Crippen LogP contribution in [0.4, 0.5) is 0 Å². The smallest absolute Gasteiger partial charge is 0.309 e. The van der Waals surface area contributed by atoms with Crippen molar-refractivity contribution >= 4 is 18.6 Å². The van der Waals surface area contributed by atoms with E-state index >= 15 is 0 Å². The Kier molecular flexibility index (Phi) is 4.35. The summed E-state index contributed by atoms with van der Waals surface area (Å²) in [6.07, 6.45) is 0.156. The fourth-order valence-electron chi connectivity index (χ4n) is 1.38.